The van der Waals surface area contributed by atoms with Gasteiger partial charge in [0, 0.05) is 5.56 Å². The first-order chi connectivity index (χ1) is 8.11. The van der Waals surface area contributed by atoms with Crippen LogP contribution in [0.1, 0.15) is 43.4 Å². The normalized spacial score (nSPS) is 26.1. The lowest BCUT2D eigenvalue weighted by Crippen LogP contribution is -2.33. The molecule has 1 aromatic carbocycles. The minimum absolute atomic E-state index is 0.0557. The Labute approximate surface area is 102 Å². The van der Waals surface area contributed by atoms with Gasteiger partial charge in [0.25, 0.3) is 0 Å². The van der Waals surface area contributed by atoms with E-state index in [4.69, 9.17) is 5.84 Å². The molecule has 1 aromatic rings. The number of hydrogen-bond acceptors (Lipinski definition) is 2. The van der Waals surface area contributed by atoms with Crippen molar-refractivity contribution in [2.24, 2.45) is 17.7 Å². The van der Waals surface area contributed by atoms with Crippen molar-refractivity contribution in [3.63, 3.8) is 0 Å². The zero-order valence-corrected chi connectivity index (χ0v) is 10.5. The van der Waals surface area contributed by atoms with E-state index in [9.17, 15) is 4.39 Å². The van der Waals surface area contributed by atoms with Crippen LogP contribution in [0.3, 0.4) is 0 Å². The molecule has 0 aliphatic heterocycles. The number of nitrogens with one attached hydrogen (secondary N) is 1. The van der Waals surface area contributed by atoms with E-state index in [2.05, 4.69) is 12.3 Å². The van der Waals surface area contributed by atoms with Crippen molar-refractivity contribution in [1.82, 2.24) is 5.43 Å². The Morgan fingerprint density at radius 1 is 1.41 bits per heavy atom. The van der Waals surface area contributed by atoms with Gasteiger partial charge >= 0.3 is 0 Å². The van der Waals surface area contributed by atoms with Crippen LogP contribution in [0.5, 0.6) is 0 Å². The summed E-state index contributed by atoms with van der Waals surface area (Å²) in [5, 5.41) is 0. The molecule has 3 N–H and O–H groups in total. The fourth-order valence-electron chi connectivity index (χ4n) is 2.94. The van der Waals surface area contributed by atoms with Crippen LogP contribution in [0.15, 0.2) is 18.2 Å². The topological polar surface area (TPSA) is 38.0 Å². The lowest BCUT2D eigenvalue weighted by molar-refractivity contribution is 0.353. The zero-order chi connectivity index (χ0) is 12.4. The predicted octanol–water partition coefficient (Wildman–Crippen LogP) is 3.07. The smallest absolute Gasteiger partial charge is 0.128 e. The van der Waals surface area contributed by atoms with Gasteiger partial charge in [-0.25, -0.2) is 4.39 Å². The van der Waals surface area contributed by atoms with Gasteiger partial charge in [-0.1, -0.05) is 31.0 Å². The molecule has 3 heteroatoms. The van der Waals surface area contributed by atoms with Crippen molar-refractivity contribution in [2.45, 2.75) is 39.2 Å². The van der Waals surface area contributed by atoms with Crippen LogP contribution in [-0.2, 0) is 0 Å². The Morgan fingerprint density at radius 3 is 2.76 bits per heavy atom. The standard InChI is InChI=1S/C14H21FN2/c1-9-3-5-11(7-9)14(17-16)12-8-10(2)4-6-13(12)15/h4,6,8-9,11,14,17H,3,5,7,16H2,1-2H3. The largest absolute Gasteiger partial charge is 0.271 e. The van der Waals surface area contributed by atoms with Crippen molar-refractivity contribution in [3.8, 4) is 0 Å². The molecule has 3 unspecified atom stereocenters. The molecule has 1 aliphatic rings. The summed E-state index contributed by atoms with van der Waals surface area (Å²) < 4.78 is 13.9. The zero-order valence-electron chi connectivity index (χ0n) is 10.5. The molecular formula is C14H21FN2. The molecule has 94 valence electrons. The van der Waals surface area contributed by atoms with Crippen LogP contribution in [0, 0.1) is 24.6 Å². The number of rotatable bonds is 3. The van der Waals surface area contributed by atoms with Gasteiger partial charge < -0.3 is 0 Å². The lowest BCUT2D eigenvalue weighted by atomic mass is 9.90. The second-order valence-electron chi connectivity index (χ2n) is 5.35. The molecule has 3 atom stereocenters. The number of benzene rings is 1. The Hall–Kier alpha value is -0.930. The molecule has 2 rings (SSSR count). The van der Waals surface area contributed by atoms with E-state index in [-0.39, 0.29) is 11.9 Å². The SMILES string of the molecule is Cc1ccc(F)c(C(NN)C2CCC(C)C2)c1. The minimum Gasteiger partial charge on any atom is -0.271 e. The van der Waals surface area contributed by atoms with Crippen LogP contribution in [-0.4, -0.2) is 0 Å². The fourth-order valence-corrected chi connectivity index (χ4v) is 2.94. The van der Waals surface area contributed by atoms with Gasteiger partial charge in [-0.15, -0.1) is 0 Å². The highest BCUT2D eigenvalue weighted by Gasteiger charge is 2.30. The third-order valence-corrected chi connectivity index (χ3v) is 3.87. The van der Waals surface area contributed by atoms with Crippen LogP contribution < -0.4 is 11.3 Å². The molecule has 0 radical (unpaired) electrons. The van der Waals surface area contributed by atoms with Crippen molar-refractivity contribution in [3.05, 3.63) is 35.1 Å². The summed E-state index contributed by atoms with van der Waals surface area (Å²) in [5.74, 6) is 6.65. The van der Waals surface area contributed by atoms with Crippen LogP contribution in [0.2, 0.25) is 0 Å². The number of halogens is 1. The number of nitrogens with two attached hydrogens (primary N) is 1. The lowest BCUT2D eigenvalue weighted by Gasteiger charge is -2.24. The summed E-state index contributed by atoms with van der Waals surface area (Å²) >= 11 is 0. The van der Waals surface area contributed by atoms with E-state index >= 15 is 0 Å². The van der Waals surface area contributed by atoms with Crippen molar-refractivity contribution >= 4 is 0 Å². The molecule has 0 bridgehead atoms. The van der Waals surface area contributed by atoms with E-state index < -0.39 is 0 Å². The molecule has 1 fully saturated rings. The third kappa shape index (κ3) is 2.67. The monoisotopic (exact) mass is 236 g/mol. The summed E-state index contributed by atoms with van der Waals surface area (Å²) in [6.07, 6.45) is 3.47. The Bertz CT molecular complexity index is 392. The number of hydrogen-bond donors (Lipinski definition) is 2. The van der Waals surface area contributed by atoms with Crippen LogP contribution in [0.25, 0.3) is 0 Å². The van der Waals surface area contributed by atoms with E-state index in [1.165, 1.54) is 12.5 Å². The molecule has 0 aromatic heterocycles. The Balaban J connectivity index is 2.25. The Morgan fingerprint density at radius 2 is 2.18 bits per heavy atom. The maximum absolute atomic E-state index is 13.9. The average molecular weight is 236 g/mol. The molecule has 0 saturated heterocycles. The second kappa shape index (κ2) is 5.15. The highest BCUT2D eigenvalue weighted by atomic mass is 19.1. The first-order valence-corrected chi connectivity index (χ1v) is 6.34. The molecule has 0 spiro atoms. The first kappa shape index (κ1) is 12.5. The molecule has 1 saturated carbocycles. The number of hydrazine groups is 1. The summed E-state index contributed by atoms with van der Waals surface area (Å²) in [7, 11) is 0. The summed E-state index contributed by atoms with van der Waals surface area (Å²) in [4.78, 5) is 0. The summed E-state index contributed by atoms with van der Waals surface area (Å²) in [5.41, 5.74) is 4.60. The highest BCUT2D eigenvalue weighted by molar-refractivity contribution is 5.27. The third-order valence-electron chi connectivity index (χ3n) is 3.87. The van der Waals surface area contributed by atoms with Gasteiger partial charge in [-0.3, -0.25) is 11.3 Å². The van der Waals surface area contributed by atoms with E-state index in [0.717, 1.165) is 24.3 Å². The van der Waals surface area contributed by atoms with Crippen molar-refractivity contribution < 1.29 is 4.39 Å². The molecule has 17 heavy (non-hydrogen) atoms. The van der Waals surface area contributed by atoms with E-state index in [1.807, 2.05) is 13.0 Å². The van der Waals surface area contributed by atoms with Crippen molar-refractivity contribution in [2.75, 3.05) is 0 Å². The van der Waals surface area contributed by atoms with Gasteiger partial charge in [0.15, 0.2) is 0 Å². The molecule has 1 aliphatic carbocycles. The molecule has 0 amide bonds. The molecule has 2 nitrogen and oxygen atoms in total. The maximum atomic E-state index is 13.9. The maximum Gasteiger partial charge on any atom is 0.128 e. The van der Waals surface area contributed by atoms with Gasteiger partial charge in [0.1, 0.15) is 5.82 Å². The predicted molar refractivity (Wildman–Crippen MR) is 67.7 cm³/mol. The van der Waals surface area contributed by atoms with Gasteiger partial charge in [-0.05, 0) is 37.7 Å². The highest BCUT2D eigenvalue weighted by Crippen LogP contribution is 2.39. The van der Waals surface area contributed by atoms with Crippen LogP contribution >= 0.6 is 0 Å². The van der Waals surface area contributed by atoms with Gasteiger partial charge in [-0.2, -0.15) is 0 Å². The van der Waals surface area contributed by atoms with Crippen molar-refractivity contribution in [1.29, 1.82) is 0 Å². The second-order valence-corrected chi connectivity index (χ2v) is 5.35. The fraction of sp³-hybridized carbons (Fsp3) is 0.571. The average Bonchev–Trinajstić information content (AvgIpc) is 2.71. The van der Waals surface area contributed by atoms with E-state index in [1.54, 1.807) is 6.07 Å². The van der Waals surface area contributed by atoms with E-state index in [0.29, 0.717) is 11.5 Å². The summed E-state index contributed by atoms with van der Waals surface area (Å²) in [6, 6.07) is 5.18. The number of aryl methyl sites for hydroxylation is 1. The van der Waals surface area contributed by atoms with Gasteiger partial charge in [0.2, 0.25) is 0 Å². The minimum atomic E-state index is -0.155. The molecule has 0 heterocycles. The van der Waals surface area contributed by atoms with Crippen LogP contribution in [0.4, 0.5) is 4.39 Å². The summed E-state index contributed by atoms with van der Waals surface area (Å²) in [6.45, 7) is 4.23. The molecular weight excluding hydrogens is 215 g/mol. The first-order valence-electron chi connectivity index (χ1n) is 6.34. The quantitative estimate of drug-likeness (QED) is 0.625. The van der Waals surface area contributed by atoms with Gasteiger partial charge in [0.05, 0.1) is 6.04 Å². The Kier molecular flexibility index (Phi) is 3.79.